The first-order valence-corrected chi connectivity index (χ1v) is 1.75. The molecule has 0 saturated carbocycles. The molecule has 5 heteroatoms. The topological polar surface area (TPSA) is 49.7 Å². The molecule has 3 nitrogen and oxygen atoms in total. The Labute approximate surface area is 65.1 Å². The fourth-order valence-electron chi connectivity index (χ4n) is 0.149. The van der Waals surface area contributed by atoms with E-state index in [2.05, 4.69) is 4.65 Å². The van der Waals surface area contributed by atoms with Crippen LogP contribution < -0.4 is 0 Å². The van der Waals surface area contributed by atoms with Gasteiger partial charge in [-0.25, -0.2) is 0 Å². The van der Waals surface area contributed by atoms with Crippen molar-refractivity contribution in [2.24, 2.45) is 0 Å². The van der Waals surface area contributed by atoms with Gasteiger partial charge in [0.15, 0.2) is 0 Å². The Hall–Kier alpha value is 0.945. The molecule has 0 aromatic heterocycles. The molecule has 0 radical (unpaired) electrons. The molecule has 0 saturated heterocycles. The molecule has 0 aliphatic carbocycles. The van der Waals surface area contributed by atoms with Gasteiger partial charge in [-0.1, -0.05) is 0 Å². The Balaban J connectivity index is 0. The van der Waals surface area contributed by atoms with Crippen LogP contribution >= 0.6 is 0 Å². The van der Waals surface area contributed by atoms with Crippen LogP contribution in [-0.4, -0.2) is 53.5 Å². The zero-order valence-electron chi connectivity index (χ0n) is 3.59. The summed E-state index contributed by atoms with van der Waals surface area (Å²) in [6.45, 7) is 2.01. The normalized spacial score (nSPS) is 7.29. The minimum absolute atomic E-state index is 0. The standard InChI is InChI=1S/C2H7BO3.Na.H/c1-2-6-3(4)5;;/h4-5H,2H2,1H3;;. The molecule has 2 N–H and O–H groups in total. The first-order chi connectivity index (χ1) is 2.77. The predicted molar refractivity (Wildman–Crippen MR) is 29.0 cm³/mol. The van der Waals surface area contributed by atoms with Crippen molar-refractivity contribution in [1.82, 2.24) is 0 Å². The predicted octanol–water partition coefficient (Wildman–Crippen LogP) is -1.66. The number of hydrogen-bond acceptors (Lipinski definition) is 3. The molecule has 7 heavy (non-hydrogen) atoms. The molecular formula is C2H8BNaO3. The molecule has 0 fully saturated rings. The van der Waals surface area contributed by atoms with Gasteiger partial charge in [-0.3, -0.25) is 0 Å². The molecule has 0 amide bonds. The number of rotatable bonds is 2. The second-order valence-corrected chi connectivity index (χ2v) is 0.782. The van der Waals surface area contributed by atoms with E-state index < -0.39 is 7.32 Å². The third-order valence-electron chi connectivity index (χ3n) is 0.316. The molecule has 0 heterocycles. The Bertz CT molecular complexity index is 34.1. The van der Waals surface area contributed by atoms with E-state index in [4.69, 9.17) is 10.0 Å². The summed E-state index contributed by atoms with van der Waals surface area (Å²) in [5.41, 5.74) is 0. The van der Waals surface area contributed by atoms with Crippen molar-refractivity contribution in [2.45, 2.75) is 6.92 Å². The third kappa shape index (κ3) is 10.9. The van der Waals surface area contributed by atoms with Crippen molar-refractivity contribution in [3.05, 3.63) is 0 Å². The Morgan fingerprint density at radius 1 is 1.57 bits per heavy atom. The molecule has 0 aromatic rings. The molecule has 0 aromatic carbocycles. The van der Waals surface area contributed by atoms with Crippen LogP contribution in [0, 0.1) is 0 Å². The van der Waals surface area contributed by atoms with Crippen LogP contribution in [0.25, 0.3) is 0 Å². The van der Waals surface area contributed by atoms with Gasteiger partial charge in [0.05, 0.1) is 0 Å². The van der Waals surface area contributed by atoms with E-state index in [1.165, 1.54) is 0 Å². The minimum atomic E-state index is -1.60. The van der Waals surface area contributed by atoms with Gasteiger partial charge in [0.2, 0.25) is 0 Å². The maximum absolute atomic E-state index is 7.89. The first kappa shape index (κ1) is 10.8. The van der Waals surface area contributed by atoms with Gasteiger partial charge in [0, 0.05) is 6.61 Å². The van der Waals surface area contributed by atoms with Crippen molar-refractivity contribution in [1.29, 1.82) is 0 Å². The second kappa shape index (κ2) is 6.94. The zero-order chi connectivity index (χ0) is 4.99. The summed E-state index contributed by atoms with van der Waals surface area (Å²) in [5, 5.41) is 15.8. The van der Waals surface area contributed by atoms with E-state index in [1.807, 2.05) is 0 Å². The van der Waals surface area contributed by atoms with Crippen molar-refractivity contribution in [3.8, 4) is 0 Å². The van der Waals surface area contributed by atoms with Gasteiger partial charge in [-0.15, -0.1) is 0 Å². The van der Waals surface area contributed by atoms with Crippen LogP contribution in [0.1, 0.15) is 6.92 Å². The third-order valence-corrected chi connectivity index (χ3v) is 0.316. The van der Waals surface area contributed by atoms with Crippen molar-refractivity contribution < 1.29 is 14.7 Å². The van der Waals surface area contributed by atoms with E-state index in [0.717, 1.165) is 0 Å². The van der Waals surface area contributed by atoms with Gasteiger partial charge in [-0.05, 0) is 6.92 Å². The molecule has 0 aliphatic rings. The summed E-state index contributed by atoms with van der Waals surface area (Å²) in [7, 11) is -1.60. The van der Waals surface area contributed by atoms with Crippen molar-refractivity contribution in [2.75, 3.05) is 6.61 Å². The maximum atomic E-state index is 7.89. The molecule has 0 atom stereocenters. The van der Waals surface area contributed by atoms with Crippen LogP contribution in [-0.2, 0) is 4.65 Å². The first-order valence-electron chi connectivity index (χ1n) is 1.75. The summed E-state index contributed by atoms with van der Waals surface area (Å²) < 4.78 is 4.15. The van der Waals surface area contributed by atoms with E-state index in [0.29, 0.717) is 6.61 Å². The van der Waals surface area contributed by atoms with E-state index in [9.17, 15) is 0 Å². The summed E-state index contributed by atoms with van der Waals surface area (Å²) >= 11 is 0. The van der Waals surface area contributed by atoms with Crippen LogP contribution in [0.3, 0.4) is 0 Å². The van der Waals surface area contributed by atoms with Gasteiger partial charge in [0.1, 0.15) is 0 Å². The Kier molecular flexibility index (Phi) is 10.8. The van der Waals surface area contributed by atoms with Gasteiger partial charge in [0.25, 0.3) is 0 Å². The van der Waals surface area contributed by atoms with Crippen LogP contribution in [0.15, 0.2) is 0 Å². The summed E-state index contributed by atoms with van der Waals surface area (Å²) in [4.78, 5) is 0. The Morgan fingerprint density at radius 3 is 2.00 bits per heavy atom. The van der Waals surface area contributed by atoms with E-state index in [1.54, 1.807) is 6.92 Å². The Morgan fingerprint density at radius 2 is 2.00 bits per heavy atom. The van der Waals surface area contributed by atoms with Crippen LogP contribution in [0.2, 0.25) is 0 Å². The molecule has 0 rings (SSSR count). The molecule has 0 spiro atoms. The van der Waals surface area contributed by atoms with Crippen LogP contribution in [0.4, 0.5) is 0 Å². The monoisotopic (exact) mass is 114 g/mol. The van der Waals surface area contributed by atoms with Gasteiger partial charge in [-0.2, -0.15) is 0 Å². The van der Waals surface area contributed by atoms with Crippen LogP contribution in [0.5, 0.6) is 0 Å². The molecule has 38 valence electrons. The van der Waals surface area contributed by atoms with Crippen molar-refractivity contribution >= 4 is 36.9 Å². The number of hydrogen-bond donors (Lipinski definition) is 2. The average molecular weight is 114 g/mol. The van der Waals surface area contributed by atoms with E-state index >= 15 is 0 Å². The second-order valence-electron chi connectivity index (χ2n) is 0.782. The zero-order valence-corrected chi connectivity index (χ0v) is 3.59. The summed E-state index contributed by atoms with van der Waals surface area (Å²) in [5.74, 6) is 0. The molecule has 0 unspecified atom stereocenters. The summed E-state index contributed by atoms with van der Waals surface area (Å²) in [6, 6.07) is 0. The van der Waals surface area contributed by atoms with Crippen molar-refractivity contribution in [3.63, 3.8) is 0 Å². The average Bonchev–Trinajstić information content (AvgIpc) is 1.35. The fourth-order valence-corrected chi connectivity index (χ4v) is 0.149. The molecule has 0 aliphatic heterocycles. The van der Waals surface area contributed by atoms with E-state index in [-0.39, 0.29) is 29.6 Å². The molecule has 0 bridgehead atoms. The van der Waals surface area contributed by atoms with Gasteiger partial charge >= 0.3 is 36.9 Å². The van der Waals surface area contributed by atoms with Gasteiger partial charge < -0.3 is 14.7 Å². The SMILES string of the molecule is CCOB(O)O.[NaH]. The summed E-state index contributed by atoms with van der Waals surface area (Å²) in [6.07, 6.45) is 0. The molecular weight excluding hydrogens is 106 g/mol. The fraction of sp³-hybridized carbons (Fsp3) is 1.00. The quantitative estimate of drug-likeness (QED) is 0.422.